The molecule has 0 aromatic heterocycles. The lowest BCUT2D eigenvalue weighted by Gasteiger charge is -2.34. The van der Waals surface area contributed by atoms with Crippen molar-refractivity contribution >= 4 is 89.5 Å². The third-order valence-electron chi connectivity index (χ3n) is 12.0. The summed E-state index contributed by atoms with van der Waals surface area (Å²) in [6.07, 6.45) is 0. The van der Waals surface area contributed by atoms with Crippen LogP contribution in [-0.4, -0.2) is 23.6 Å². The molecular weight excluding hydrogens is 697 g/mol. The van der Waals surface area contributed by atoms with E-state index in [1.807, 2.05) is 48.5 Å². The second-order valence-electron chi connectivity index (χ2n) is 16.7. The Hall–Kier alpha value is -6.28. The molecule has 4 N–H and O–H groups in total. The van der Waals surface area contributed by atoms with Crippen LogP contribution in [0.25, 0.3) is 43.1 Å². The van der Waals surface area contributed by atoms with Crippen molar-refractivity contribution in [1.82, 2.24) is 0 Å². The van der Waals surface area contributed by atoms with E-state index in [0.717, 1.165) is 22.3 Å². The number of benzene rings is 7. The quantitative estimate of drug-likeness (QED) is 0.0756. The molecule has 7 aromatic carbocycles. The number of rotatable bonds is 6. The standard InChI is InChI=1S/C48H44N4O4/c1-21(2)25-11-9-12-26(22(3)4)43(25)51-45(53)31-17-15-29-40-36(50)20-34-38-32(18-16-30(42(38)40)39-35(49)19-33(47(51)55)37(31)41(29)39)46(54)52(48(34)56)44-27(23(5)6)13-10-14-28(44)24(7)8/h9-24H,49-50H2,1-8H3. The lowest BCUT2D eigenvalue weighted by Crippen LogP contribution is -2.42. The Morgan fingerprint density at radius 1 is 0.393 bits per heavy atom. The first-order valence-electron chi connectivity index (χ1n) is 19.5. The molecule has 8 heteroatoms. The summed E-state index contributed by atoms with van der Waals surface area (Å²) in [4.78, 5) is 61.7. The molecule has 9 rings (SSSR count). The molecule has 0 radical (unpaired) electrons. The predicted octanol–water partition coefficient (Wildman–Crippen LogP) is 11.0. The lowest BCUT2D eigenvalue weighted by atomic mass is 9.80. The van der Waals surface area contributed by atoms with Crippen LogP contribution in [0.1, 0.15) is 143 Å². The molecule has 280 valence electrons. The number of para-hydroxylation sites is 2. The topological polar surface area (TPSA) is 127 Å². The highest BCUT2D eigenvalue weighted by molar-refractivity contribution is 6.47. The molecule has 2 heterocycles. The van der Waals surface area contributed by atoms with Crippen LogP contribution in [0.4, 0.5) is 22.7 Å². The molecule has 0 saturated carbocycles. The minimum atomic E-state index is -0.435. The normalized spacial score (nSPS) is 14.6. The van der Waals surface area contributed by atoms with Gasteiger partial charge in [0.15, 0.2) is 0 Å². The summed E-state index contributed by atoms with van der Waals surface area (Å²) in [5.41, 5.74) is 21.1. The molecule has 0 spiro atoms. The minimum Gasteiger partial charge on any atom is -0.398 e. The Kier molecular flexibility index (Phi) is 7.66. The van der Waals surface area contributed by atoms with Gasteiger partial charge in [0.25, 0.3) is 23.6 Å². The molecule has 56 heavy (non-hydrogen) atoms. The van der Waals surface area contributed by atoms with Gasteiger partial charge >= 0.3 is 0 Å². The number of nitrogens with two attached hydrogens (primary N) is 2. The van der Waals surface area contributed by atoms with Gasteiger partial charge in [-0.25, -0.2) is 9.80 Å². The van der Waals surface area contributed by atoms with Crippen LogP contribution in [0.3, 0.4) is 0 Å². The van der Waals surface area contributed by atoms with Gasteiger partial charge in [-0.2, -0.15) is 0 Å². The molecule has 8 nitrogen and oxygen atoms in total. The summed E-state index contributed by atoms with van der Waals surface area (Å²) < 4.78 is 0. The largest absolute Gasteiger partial charge is 0.398 e. The van der Waals surface area contributed by atoms with E-state index in [1.165, 1.54) is 9.80 Å². The highest BCUT2D eigenvalue weighted by Gasteiger charge is 2.41. The van der Waals surface area contributed by atoms with Crippen LogP contribution in [0.15, 0.2) is 72.8 Å². The van der Waals surface area contributed by atoms with Crippen LogP contribution >= 0.6 is 0 Å². The van der Waals surface area contributed by atoms with Crippen LogP contribution in [0, 0.1) is 0 Å². The van der Waals surface area contributed by atoms with Gasteiger partial charge in [0, 0.05) is 54.8 Å². The van der Waals surface area contributed by atoms with Gasteiger partial charge in [0.05, 0.1) is 22.5 Å². The predicted molar refractivity (Wildman–Crippen MR) is 228 cm³/mol. The van der Waals surface area contributed by atoms with E-state index >= 15 is 0 Å². The summed E-state index contributed by atoms with van der Waals surface area (Å²) in [6, 6.07) is 22.5. The molecule has 2 aliphatic heterocycles. The maximum Gasteiger partial charge on any atom is 0.266 e. The lowest BCUT2D eigenvalue weighted by molar-refractivity contribution is 0.0877. The molecule has 7 aromatic rings. The number of hydrogen-bond donors (Lipinski definition) is 2. The number of imide groups is 2. The number of anilines is 4. The first-order chi connectivity index (χ1) is 26.6. The van der Waals surface area contributed by atoms with Crippen molar-refractivity contribution in [2.24, 2.45) is 0 Å². The number of hydrogen-bond acceptors (Lipinski definition) is 6. The Morgan fingerprint density at radius 3 is 1.00 bits per heavy atom. The Labute approximate surface area is 325 Å². The highest BCUT2D eigenvalue weighted by Crippen LogP contribution is 2.51. The van der Waals surface area contributed by atoms with Gasteiger partial charge in [0.2, 0.25) is 0 Å². The smallest absolute Gasteiger partial charge is 0.266 e. The zero-order valence-corrected chi connectivity index (χ0v) is 32.9. The summed E-state index contributed by atoms with van der Waals surface area (Å²) in [7, 11) is 0. The second kappa shape index (κ2) is 12.1. The van der Waals surface area contributed by atoms with Gasteiger partial charge in [0.1, 0.15) is 0 Å². The van der Waals surface area contributed by atoms with Crippen LogP contribution in [0.2, 0.25) is 0 Å². The van der Waals surface area contributed by atoms with Crippen LogP contribution < -0.4 is 21.3 Å². The molecule has 0 fully saturated rings. The summed E-state index contributed by atoms with van der Waals surface area (Å²) in [5, 5.41) is 5.03. The zero-order valence-electron chi connectivity index (χ0n) is 32.9. The molecule has 2 aliphatic rings. The van der Waals surface area contributed by atoms with Crippen LogP contribution in [-0.2, 0) is 0 Å². The maximum atomic E-state index is 14.8. The first kappa shape index (κ1) is 35.4. The number of nitrogens with zero attached hydrogens (tertiary/aromatic N) is 2. The Balaban J connectivity index is 1.33. The summed E-state index contributed by atoms with van der Waals surface area (Å²) >= 11 is 0. The summed E-state index contributed by atoms with van der Waals surface area (Å²) in [6.45, 7) is 16.5. The van der Waals surface area contributed by atoms with Gasteiger partial charge in [-0.05, 0) is 81.0 Å². The zero-order chi connectivity index (χ0) is 39.8. The first-order valence-corrected chi connectivity index (χ1v) is 19.5. The van der Waals surface area contributed by atoms with Gasteiger partial charge in [-0.15, -0.1) is 0 Å². The van der Waals surface area contributed by atoms with E-state index < -0.39 is 23.6 Å². The SMILES string of the molecule is CC(C)c1cccc(C(C)C)c1N1C(=O)c2ccc3c4c(N)cc5c6c(ccc(c7c(N)cc(c2c37)C1=O)c64)C(=O)N(c1c(C(C)C)cccc1C(C)C)C5=O. The molecule has 0 saturated heterocycles. The van der Waals surface area contributed by atoms with Crippen LogP contribution in [0.5, 0.6) is 0 Å². The number of carbonyl (C=O) groups is 4. The fourth-order valence-electron chi connectivity index (χ4n) is 9.48. The Morgan fingerprint density at radius 2 is 0.696 bits per heavy atom. The average Bonchev–Trinajstić information content (AvgIpc) is 3.15. The van der Waals surface area contributed by atoms with E-state index in [1.54, 1.807) is 24.3 Å². The van der Waals surface area contributed by atoms with Crippen molar-refractivity contribution in [3.8, 4) is 0 Å². The maximum absolute atomic E-state index is 14.8. The fourth-order valence-corrected chi connectivity index (χ4v) is 9.48. The van der Waals surface area contributed by atoms with Crippen molar-refractivity contribution in [3.63, 3.8) is 0 Å². The third kappa shape index (κ3) is 4.53. The van der Waals surface area contributed by atoms with Crippen molar-refractivity contribution in [2.45, 2.75) is 79.1 Å². The van der Waals surface area contributed by atoms with E-state index in [0.29, 0.717) is 88.1 Å². The van der Waals surface area contributed by atoms with E-state index in [-0.39, 0.29) is 23.7 Å². The number of fused-ring (bicyclic) bond motifs is 2. The van der Waals surface area contributed by atoms with Gasteiger partial charge in [-0.3, -0.25) is 19.2 Å². The monoisotopic (exact) mass is 740 g/mol. The van der Waals surface area contributed by atoms with E-state index in [9.17, 15) is 19.2 Å². The average molecular weight is 741 g/mol. The molecule has 0 bridgehead atoms. The van der Waals surface area contributed by atoms with E-state index in [2.05, 4.69) is 55.4 Å². The number of amides is 4. The highest BCUT2D eigenvalue weighted by atomic mass is 16.2. The van der Waals surface area contributed by atoms with E-state index in [4.69, 9.17) is 11.5 Å². The van der Waals surface area contributed by atoms with Gasteiger partial charge < -0.3 is 11.5 Å². The summed E-state index contributed by atoms with van der Waals surface area (Å²) in [5.74, 6) is -1.44. The molecule has 0 atom stereocenters. The van der Waals surface area contributed by atoms with Crippen molar-refractivity contribution in [3.05, 3.63) is 117 Å². The number of carbonyl (C=O) groups excluding carboxylic acids is 4. The second-order valence-corrected chi connectivity index (χ2v) is 16.7. The van der Waals surface area contributed by atoms with Crippen molar-refractivity contribution < 1.29 is 19.2 Å². The Bertz CT molecular complexity index is 2690. The molecule has 0 unspecified atom stereocenters. The minimum absolute atomic E-state index is 0.0563. The van der Waals surface area contributed by atoms with Crippen molar-refractivity contribution in [1.29, 1.82) is 0 Å². The molecular formula is C48H44N4O4. The fraction of sp³-hybridized carbons (Fsp3) is 0.250. The third-order valence-corrected chi connectivity index (χ3v) is 12.0. The van der Waals surface area contributed by atoms with Gasteiger partial charge in [-0.1, -0.05) is 104 Å². The van der Waals surface area contributed by atoms with Crippen molar-refractivity contribution in [2.75, 3.05) is 21.3 Å². The molecule has 4 amide bonds. The number of nitrogen functional groups attached to an aromatic ring is 2. The molecule has 0 aliphatic carbocycles.